The number of benzene rings is 8. The van der Waals surface area contributed by atoms with Crippen LogP contribution >= 0.6 is 0 Å². The summed E-state index contributed by atoms with van der Waals surface area (Å²) in [6.07, 6.45) is 5.54. The van der Waals surface area contributed by atoms with Crippen molar-refractivity contribution < 1.29 is 19.2 Å². The molecule has 6 heteroatoms. The molecular weight excluding hydrogens is 645 g/mol. The Morgan fingerprint density at radius 1 is 0.481 bits per heavy atom. The molecule has 6 nitrogen and oxygen atoms in total. The zero-order valence-corrected chi connectivity index (χ0v) is 28.5. The van der Waals surface area contributed by atoms with E-state index in [4.69, 9.17) is 0 Å². The number of carbonyl (C=O) groups is 4. The maximum absolute atomic E-state index is 14.7. The molecule has 0 aromatic heterocycles. The van der Waals surface area contributed by atoms with Crippen molar-refractivity contribution in [3.63, 3.8) is 0 Å². The van der Waals surface area contributed by atoms with Crippen molar-refractivity contribution in [2.24, 2.45) is 5.92 Å². The average Bonchev–Trinajstić information content (AvgIpc) is 3.18. The quantitative estimate of drug-likeness (QED) is 0.106. The monoisotopic (exact) mass is 676 g/mol. The Labute approximate surface area is 298 Å². The molecule has 0 spiro atoms. The van der Waals surface area contributed by atoms with Crippen molar-refractivity contribution in [3.05, 3.63) is 125 Å². The van der Waals surface area contributed by atoms with Crippen molar-refractivity contribution in [2.45, 2.75) is 45.1 Å². The topological polar surface area (TPSA) is 74.8 Å². The van der Waals surface area contributed by atoms with Gasteiger partial charge in [-0.25, -0.2) is 4.90 Å². The zero-order chi connectivity index (χ0) is 35.0. The summed E-state index contributed by atoms with van der Waals surface area (Å²) in [4.78, 5) is 60.7. The van der Waals surface area contributed by atoms with Gasteiger partial charge >= 0.3 is 0 Å². The number of fused-ring (bicyclic) bond motifs is 4. The molecule has 3 aliphatic rings. The molecule has 4 amide bonds. The normalized spacial score (nSPS) is 17.2. The zero-order valence-electron chi connectivity index (χ0n) is 28.5. The van der Waals surface area contributed by atoms with E-state index in [1.165, 1.54) is 16.2 Å². The third kappa shape index (κ3) is 3.69. The van der Waals surface area contributed by atoms with Crippen molar-refractivity contribution >= 4 is 94.0 Å². The number of amides is 4. The highest BCUT2D eigenvalue weighted by molar-refractivity contribution is 6.45. The Bertz CT molecular complexity index is 2780. The minimum Gasteiger partial charge on any atom is -0.271 e. The molecule has 8 aromatic carbocycles. The van der Waals surface area contributed by atoms with Crippen LogP contribution in [-0.4, -0.2) is 34.6 Å². The molecule has 11 rings (SSSR count). The van der Waals surface area contributed by atoms with Gasteiger partial charge in [0.05, 0.1) is 5.69 Å². The molecule has 2 heterocycles. The van der Waals surface area contributed by atoms with Crippen LogP contribution in [0.15, 0.2) is 103 Å². The number of anilines is 1. The summed E-state index contributed by atoms with van der Waals surface area (Å²) in [5.74, 6) is -0.868. The van der Waals surface area contributed by atoms with E-state index >= 15 is 0 Å². The van der Waals surface area contributed by atoms with Gasteiger partial charge in [0, 0.05) is 49.8 Å². The molecule has 52 heavy (non-hydrogen) atoms. The van der Waals surface area contributed by atoms with Gasteiger partial charge in [0.25, 0.3) is 23.6 Å². The maximum atomic E-state index is 14.7. The van der Waals surface area contributed by atoms with Gasteiger partial charge in [0.2, 0.25) is 0 Å². The molecule has 250 valence electrons. The Morgan fingerprint density at radius 3 is 1.37 bits per heavy atom. The Morgan fingerprint density at radius 2 is 0.904 bits per heavy atom. The van der Waals surface area contributed by atoms with Crippen LogP contribution in [0.1, 0.15) is 80.5 Å². The third-order valence-corrected chi connectivity index (χ3v) is 12.4. The van der Waals surface area contributed by atoms with Gasteiger partial charge in [0.15, 0.2) is 0 Å². The predicted molar refractivity (Wildman–Crippen MR) is 207 cm³/mol. The maximum Gasteiger partial charge on any atom is 0.266 e. The second kappa shape index (κ2) is 10.5. The van der Waals surface area contributed by atoms with Crippen molar-refractivity contribution in [3.8, 4) is 0 Å². The number of hydrogen-bond donors (Lipinski definition) is 0. The lowest BCUT2D eigenvalue weighted by molar-refractivity contribution is 0.0474. The van der Waals surface area contributed by atoms with Crippen LogP contribution in [0.5, 0.6) is 0 Å². The van der Waals surface area contributed by atoms with Crippen LogP contribution in [0.4, 0.5) is 5.69 Å². The van der Waals surface area contributed by atoms with E-state index in [0.717, 1.165) is 79.5 Å². The van der Waals surface area contributed by atoms with Gasteiger partial charge in [-0.15, -0.1) is 0 Å². The van der Waals surface area contributed by atoms with Crippen molar-refractivity contribution in [2.75, 3.05) is 4.90 Å². The average molecular weight is 677 g/mol. The van der Waals surface area contributed by atoms with Gasteiger partial charge < -0.3 is 0 Å². The Kier molecular flexibility index (Phi) is 5.95. The first-order valence-electron chi connectivity index (χ1n) is 18.3. The summed E-state index contributed by atoms with van der Waals surface area (Å²) in [7, 11) is 0. The van der Waals surface area contributed by atoms with Crippen LogP contribution in [0.25, 0.3) is 64.6 Å². The van der Waals surface area contributed by atoms with E-state index in [2.05, 4.69) is 6.07 Å². The molecule has 0 radical (unpaired) electrons. The van der Waals surface area contributed by atoms with E-state index in [9.17, 15) is 19.2 Å². The number of rotatable bonds is 3. The van der Waals surface area contributed by atoms with E-state index in [1.54, 1.807) is 0 Å². The summed E-state index contributed by atoms with van der Waals surface area (Å²) in [5, 5.41) is 10.2. The second-order valence-corrected chi connectivity index (χ2v) is 14.9. The Hall–Kier alpha value is -6.14. The molecule has 1 atom stereocenters. The van der Waals surface area contributed by atoms with Crippen LogP contribution in [-0.2, 0) is 0 Å². The highest BCUT2D eigenvalue weighted by Crippen LogP contribution is 2.48. The smallest absolute Gasteiger partial charge is 0.266 e. The molecule has 0 bridgehead atoms. The number of imide groups is 2. The lowest BCUT2D eigenvalue weighted by Gasteiger charge is -2.38. The van der Waals surface area contributed by atoms with E-state index in [0.29, 0.717) is 44.6 Å². The fraction of sp³-hybridized carbons (Fsp3) is 0.174. The molecule has 1 saturated carbocycles. The van der Waals surface area contributed by atoms with E-state index < -0.39 is 0 Å². The fourth-order valence-corrected chi connectivity index (χ4v) is 9.92. The summed E-state index contributed by atoms with van der Waals surface area (Å²) >= 11 is 0. The molecule has 0 unspecified atom stereocenters. The first kappa shape index (κ1) is 29.6. The highest BCUT2D eigenvalue weighted by atomic mass is 16.2. The minimum atomic E-state index is -0.359. The molecule has 2 aliphatic heterocycles. The van der Waals surface area contributed by atoms with Crippen LogP contribution in [0.2, 0.25) is 0 Å². The van der Waals surface area contributed by atoms with Gasteiger partial charge in [-0.05, 0) is 99.1 Å². The van der Waals surface area contributed by atoms with Crippen LogP contribution < -0.4 is 4.90 Å². The first-order valence-corrected chi connectivity index (χ1v) is 18.3. The van der Waals surface area contributed by atoms with Crippen molar-refractivity contribution in [1.29, 1.82) is 0 Å². The first-order chi connectivity index (χ1) is 25.4. The predicted octanol–water partition coefficient (Wildman–Crippen LogP) is 10.4. The molecular formula is C46H32N2O4. The standard InChI is InChI=1S/C46H32N2O4/c1-24(25-9-3-2-4-10-25)47-43(49)34-19-15-30-32-17-21-36-41-37(22-18-33(39(32)41)31-16-20-35(44(47)50)40(34)38(30)31)46(52)48(45(36)51)42-28-13-7-5-11-26(28)23-27-12-6-8-14-29(27)42/h5-8,11-25H,2-4,9-10H2,1H3/t24-/m0/s1. The molecule has 8 aromatic rings. The van der Waals surface area contributed by atoms with E-state index in [1.807, 2.05) is 104 Å². The van der Waals surface area contributed by atoms with Crippen LogP contribution in [0, 0.1) is 5.92 Å². The van der Waals surface area contributed by atoms with E-state index in [-0.39, 0.29) is 29.7 Å². The summed E-state index contributed by atoms with van der Waals surface area (Å²) in [6.45, 7) is 2.03. The van der Waals surface area contributed by atoms with Crippen molar-refractivity contribution in [1.82, 2.24) is 4.90 Å². The van der Waals surface area contributed by atoms with Gasteiger partial charge in [-0.1, -0.05) is 92.1 Å². The summed E-state index contributed by atoms with van der Waals surface area (Å²) in [5.41, 5.74) is 2.64. The largest absolute Gasteiger partial charge is 0.271 e. The summed E-state index contributed by atoms with van der Waals surface area (Å²) < 4.78 is 0. The molecule has 0 N–H and O–H groups in total. The van der Waals surface area contributed by atoms with Crippen LogP contribution in [0.3, 0.4) is 0 Å². The molecule has 1 aliphatic carbocycles. The highest BCUT2D eigenvalue weighted by Gasteiger charge is 2.41. The molecule has 1 fully saturated rings. The minimum absolute atomic E-state index is 0.172. The molecule has 0 saturated heterocycles. The number of carbonyl (C=O) groups excluding carboxylic acids is 4. The van der Waals surface area contributed by atoms with Gasteiger partial charge in [0.1, 0.15) is 0 Å². The number of nitrogens with zero attached hydrogens (tertiary/aromatic N) is 2. The Balaban J connectivity index is 1.13. The lowest BCUT2D eigenvalue weighted by Crippen LogP contribution is -2.49. The van der Waals surface area contributed by atoms with Gasteiger partial charge in [-0.2, -0.15) is 0 Å². The number of hydrogen-bond acceptors (Lipinski definition) is 4. The lowest BCUT2D eigenvalue weighted by atomic mass is 9.80. The third-order valence-electron chi connectivity index (χ3n) is 12.4. The second-order valence-electron chi connectivity index (χ2n) is 14.9. The summed E-state index contributed by atoms with van der Waals surface area (Å²) in [6, 6.07) is 33.0. The fourth-order valence-electron chi connectivity index (χ4n) is 9.92. The SMILES string of the molecule is C[C@@H](C1CCCCC1)N1C(=O)c2ccc3c4ccc5c6c(ccc(c7ccc(c2c37)C1=O)c64)C(=O)N(c1c2ccccc2cc2ccccc12)C5=O. The van der Waals surface area contributed by atoms with Gasteiger partial charge in [-0.3, -0.25) is 24.1 Å².